The molecule has 0 saturated carbocycles. The van der Waals surface area contributed by atoms with Crippen molar-refractivity contribution in [3.05, 3.63) is 41.9 Å². The Morgan fingerprint density at radius 2 is 2.41 bits per heavy atom. The molecule has 3 nitrogen and oxygen atoms in total. The predicted molar refractivity (Wildman–Crippen MR) is 69.4 cm³/mol. The standard InChI is InChI=1S/C13H16ClNO2/c1-3-8-15-13(16)12(4-2)17-11-7-5-6-10(14)9-11/h3,5-7,9,12H,1,4,8H2,2H3,(H,15,16)/t12-/m1/s1. The van der Waals surface area contributed by atoms with E-state index in [9.17, 15) is 4.79 Å². The maximum atomic E-state index is 11.7. The Bertz CT molecular complexity index is 393. The van der Waals surface area contributed by atoms with Crippen LogP contribution in [0.15, 0.2) is 36.9 Å². The van der Waals surface area contributed by atoms with Crippen molar-refractivity contribution in [2.24, 2.45) is 0 Å². The summed E-state index contributed by atoms with van der Waals surface area (Å²) < 4.78 is 5.57. The number of benzene rings is 1. The summed E-state index contributed by atoms with van der Waals surface area (Å²) in [4.78, 5) is 11.7. The molecule has 0 radical (unpaired) electrons. The van der Waals surface area contributed by atoms with Gasteiger partial charge in [-0.3, -0.25) is 4.79 Å². The minimum absolute atomic E-state index is 0.146. The van der Waals surface area contributed by atoms with Crippen molar-refractivity contribution in [2.75, 3.05) is 6.54 Å². The van der Waals surface area contributed by atoms with Crippen molar-refractivity contribution in [3.63, 3.8) is 0 Å². The second-order valence-corrected chi connectivity index (χ2v) is 3.94. The first-order valence-electron chi connectivity index (χ1n) is 5.48. The van der Waals surface area contributed by atoms with Crippen molar-refractivity contribution < 1.29 is 9.53 Å². The lowest BCUT2D eigenvalue weighted by atomic mass is 10.2. The fourth-order valence-electron chi connectivity index (χ4n) is 1.31. The Labute approximate surface area is 106 Å². The fraction of sp³-hybridized carbons (Fsp3) is 0.308. The number of carbonyl (C=O) groups excluding carboxylic acids is 1. The van der Waals surface area contributed by atoms with Crippen molar-refractivity contribution in [2.45, 2.75) is 19.4 Å². The third-order valence-corrected chi connectivity index (χ3v) is 2.39. The quantitative estimate of drug-likeness (QED) is 0.792. The van der Waals surface area contributed by atoms with Crippen molar-refractivity contribution in [1.82, 2.24) is 5.32 Å². The van der Waals surface area contributed by atoms with E-state index in [0.29, 0.717) is 23.7 Å². The second-order valence-electron chi connectivity index (χ2n) is 3.51. The Hall–Kier alpha value is -1.48. The highest BCUT2D eigenvalue weighted by Gasteiger charge is 2.17. The first-order chi connectivity index (χ1) is 8.17. The van der Waals surface area contributed by atoms with Gasteiger partial charge in [0.05, 0.1) is 0 Å². The highest BCUT2D eigenvalue weighted by molar-refractivity contribution is 6.30. The summed E-state index contributed by atoms with van der Waals surface area (Å²) in [5, 5.41) is 3.29. The van der Waals surface area contributed by atoms with Gasteiger partial charge in [-0.2, -0.15) is 0 Å². The molecule has 0 spiro atoms. The second kappa shape index (κ2) is 6.97. The summed E-state index contributed by atoms with van der Waals surface area (Å²) in [6, 6.07) is 7.00. The minimum atomic E-state index is -0.506. The third-order valence-electron chi connectivity index (χ3n) is 2.16. The molecule has 0 aliphatic carbocycles. The van der Waals surface area contributed by atoms with Crippen LogP contribution in [-0.2, 0) is 4.79 Å². The Balaban J connectivity index is 2.63. The van der Waals surface area contributed by atoms with Gasteiger partial charge in [-0.05, 0) is 24.6 Å². The molecule has 1 rings (SSSR count). The zero-order valence-corrected chi connectivity index (χ0v) is 10.5. The van der Waals surface area contributed by atoms with Gasteiger partial charge < -0.3 is 10.1 Å². The van der Waals surface area contributed by atoms with Gasteiger partial charge in [0.1, 0.15) is 5.75 Å². The summed E-state index contributed by atoms with van der Waals surface area (Å²) >= 11 is 5.84. The Kier molecular flexibility index (Phi) is 5.57. The third kappa shape index (κ3) is 4.49. The summed E-state index contributed by atoms with van der Waals surface area (Å²) in [6.07, 6.45) is 1.72. The molecule has 0 aromatic heterocycles. The van der Waals surface area contributed by atoms with Crippen molar-refractivity contribution in [1.29, 1.82) is 0 Å². The molecule has 1 N–H and O–H groups in total. The van der Waals surface area contributed by atoms with E-state index in [1.54, 1.807) is 30.3 Å². The molecule has 1 atom stereocenters. The van der Waals surface area contributed by atoms with Gasteiger partial charge >= 0.3 is 0 Å². The zero-order valence-electron chi connectivity index (χ0n) is 9.78. The molecule has 0 heterocycles. The van der Waals surface area contributed by atoms with Crippen LogP contribution < -0.4 is 10.1 Å². The number of hydrogen-bond acceptors (Lipinski definition) is 2. The number of ether oxygens (including phenoxy) is 1. The maximum Gasteiger partial charge on any atom is 0.261 e. The largest absolute Gasteiger partial charge is 0.481 e. The van der Waals surface area contributed by atoms with E-state index in [2.05, 4.69) is 11.9 Å². The number of nitrogens with one attached hydrogen (secondary N) is 1. The number of halogens is 1. The molecule has 0 aliphatic heterocycles. The lowest BCUT2D eigenvalue weighted by Crippen LogP contribution is -2.37. The van der Waals surface area contributed by atoms with Crippen LogP contribution in [0.5, 0.6) is 5.75 Å². The minimum Gasteiger partial charge on any atom is -0.481 e. The Morgan fingerprint density at radius 3 is 3.00 bits per heavy atom. The molecule has 0 fully saturated rings. The van der Waals surface area contributed by atoms with Crippen LogP contribution in [0.25, 0.3) is 0 Å². The number of hydrogen-bond donors (Lipinski definition) is 1. The summed E-state index contributed by atoms with van der Waals surface area (Å²) in [7, 11) is 0. The van der Waals surface area contributed by atoms with E-state index in [1.807, 2.05) is 6.92 Å². The fourth-order valence-corrected chi connectivity index (χ4v) is 1.49. The number of rotatable bonds is 6. The smallest absolute Gasteiger partial charge is 0.261 e. The number of amides is 1. The first kappa shape index (κ1) is 13.6. The molecule has 92 valence electrons. The van der Waals surface area contributed by atoms with E-state index in [4.69, 9.17) is 16.3 Å². The molecular formula is C13H16ClNO2. The monoisotopic (exact) mass is 253 g/mol. The molecule has 0 saturated heterocycles. The van der Waals surface area contributed by atoms with E-state index in [-0.39, 0.29) is 5.91 Å². The average Bonchev–Trinajstić information content (AvgIpc) is 2.33. The van der Waals surface area contributed by atoms with E-state index in [0.717, 1.165) is 0 Å². The van der Waals surface area contributed by atoms with Gasteiger partial charge in [0.2, 0.25) is 0 Å². The molecule has 0 aliphatic rings. The SMILES string of the molecule is C=CCNC(=O)[C@@H](CC)Oc1cccc(Cl)c1. The van der Waals surface area contributed by atoms with Crippen LogP contribution in [0, 0.1) is 0 Å². The van der Waals surface area contributed by atoms with E-state index in [1.165, 1.54) is 0 Å². The summed E-state index contributed by atoms with van der Waals surface area (Å²) in [5.74, 6) is 0.450. The van der Waals surface area contributed by atoms with Gasteiger partial charge in [-0.15, -0.1) is 6.58 Å². The van der Waals surface area contributed by atoms with Crippen LogP contribution in [0.3, 0.4) is 0 Å². The summed E-state index contributed by atoms with van der Waals surface area (Å²) in [6.45, 7) is 5.87. The lowest BCUT2D eigenvalue weighted by Gasteiger charge is -2.16. The first-order valence-corrected chi connectivity index (χ1v) is 5.86. The molecule has 1 aromatic rings. The van der Waals surface area contributed by atoms with Crippen molar-refractivity contribution in [3.8, 4) is 5.75 Å². The van der Waals surface area contributed by atoms with Crippen LogP contribution in [0.2, 0.25) is 5.02 Å². The number of carbonyl (C=O) groups is 1. The molecule has 1 aromatic carbocycles. The molecule has 0 bridgehead atoms. The van der Waals surface area contributed by atoms with Gasteiger partial charge in [-0.1, -0.05) is 30.7 Å². The molecule has 1 amide bonds. The van der Waals surface area contributed by atoms with Crippen LogP contribution in [0.1, 0.15) is 13.3 Å². The van der Waals surface area contributed by atoms with E-state index >= 15 is 0 Å². The lowest BCUT2D eigenvalue weighted by molar-refractivity contribution is -0.127. The molecule has 4 heteroatoms. The zero-order chi connectivity index (χ0) is 12.7. The van der Waals surface area contributed by atoms with Crippen LogP contribution >= 0.6 is 11.6 Å². The maximum absolute atomic E-state index is 11.7. The highest BCUT2D eigenvalue weighted by Crippen LogP contribution is 2.19. The van der Waals surface area contributed by atoms with Crippen LogP contribution in [-0.4, -0.2) is 18.6 Å². The molecular weight excluding hydrogens is 238 g/mol. The van der Waals surface area contributed by atoms with Gasteiger partial charge in [0.25, 0.3) is 5.91 Å². The molecule has 0 unspecified atom stereocenters. The van der Waals surface area contributed by atoms with Gasteiger partial charge in [0, 0.05) is 11.6 Å². The predicted octanol–water partition coefficient (Wildman–Crippen LogP) is 2.80. The van der Waals surface area contributed by atoms with Gasteiger partial charge in [0.15, 0.2) is 6.10 Å². The van der Waals surface area contributed by atoms with Crippen molar-refractivity contribution >= 4 is 17.5 Å². The molecule has 17 heavy (non-hydrogen) atoms. The normalized spacial score (nSPS) is 11.6. The van der Waals surface area contributed by atoms with Gasteiger partial charge in [-0.25, -0.2) is 0 Å². The Morgan fingerprint density at radius 1 is 1.65 bits per heavy atom. The summed E-state index contributed by atoms with van der Waals surface area (Å²) in [5.41, 5.74) is 0. The van der Waals surface area contributed by atoms with E-state index < -0.39 is 6.10 Å². The van der Waals surface area contributed by atoms with Crippen LogP contribution in [0.4, 0.5) is 0 Å². The highest BCUT2D eigenvalue weighted by atomic mass is 35.5. The topological polar surface area (TPSA) is 38.3 Å². The average molecular weight is 254 g/mol.